The molecule has 1 saturated heterocycles. The van der Waals surface area contributed by atoms with Gasteiger partial charge in [-0.1, -0.05) is 30.3 Å². The monoisotopic (exact) mass is 600 g/mol. The number of sulfone groups is 1. The number of sulfonamides is 1. The van der Waals surface area contributed by atoms with Crippen LogP contribution in [0.1, 0.15) is 23.9 Å². The van der Waals surface area contributed by atoms with Crippen molar-refractivity contribution in [2.24, 2.45) is 0 Å². The Balaban J connectivity index is 1.23. The number of ether oxygens (including phenoxy) is 1. The molecule has 1 aliphatic heterocycles. The predicted molar refractivity (Wildman–Crippen MR) is 152 cm³/mol. The summed E-state index contributed by atoms with van der Waals surface area (Å²) in [5, 5.41) is 11.5. The minimum atomic E-state index is -3.79. The van der Waals surface area contributed by atoms with Gasteiger partial charge < -0.3 is 14.7 Å². The predicted octanol–water partition coefficient (Wildman–Crippen LogP) is 3.72. The van der Waals surface area contributed by atoms with Crippen LogP contribution >= 0.6 is 11.5 Å². The maximum atomic E-state index is 13.2. The molecule has 0 radical (unpaired) electrons. The number of hydrogen-bond acceptors (Lipinski definition) is 10. The van der Waals surface area contributed by atoms with Crippen LogP contribution in [-0.2, 0) is 19.9 Å². The molecule has 1 unspecified atom stereocenters. The maximum absolute atomic E-state index is 13.2. The number of aliphatic hydroxyl groups is 1. The van der Waals surface area contributed by atoms with E-state index in [2.05, 4.69) is 9.36 Å². The van der Waals surface area contributed by atoms with Crippen LogP contribution in [0.3, 0.4) is 0 Å². The van der Waals surface area contributed by atoms with Gasteiger partial charge in [-0.2, -0.15) is 8.68 Å². The normalized spacial score (nSPS) is 15.9. The summed E-state index contributed by atoms with van der Waals surface area (Å²) < 4.78 is 61.4. The smallest absolute Gasteiger partial charge is 0.243 e. The number of hydrogen-bond donors (Lipinski definition) is 1. The minimum Gasteiger partial charge on any atom is -0.457 e. The number of rotatable bonds is 8. The van der Waals surface area contributed by atoms with Crippen LogP contribution < -0.4 is 9.64 Å². The highest BCUT2D eigenvalue weighted by atomic mass is 32.2. The van der Waals surface area contributed by atoms with Crippen molar-refractivity contribution in [1.82, 2.24) is 13.7 Å². The molecule has 4 aromatic rings. The Morgan fingerprint density at radius 3 is 2.15 bits per heavy atom. The van der Waals surface area contributed by atoms with Gasteiger partial charge in [0.15, 0.2) is 15.7 Å². The molecule has 0 aliphatic carbocycles. The van der Waals surface area contributed by atoms with E-state index in [4.69, 9.17) is 4.74 Å². The quantitative estimate of drug-likeness (QED) is 0.322. The number of aliphatic hydroxyl groups excluding tert-OH is 1. The Morgan fingerprint density at radius 1 is 0.825 bits per heavy atom. The molecule has 1 aromatic heterocycles. The molecule has 10 nitrogen and oxygen atoms in total. The van der Waals surface area contributed by atoms with Crippen molar-refractivity contribution >= 4 is 36.5 Å². The first kappa shape index (κ1) is 28.2. The molecule has 5 rings (SSSR count). The van der Waals surface area contributed by atoms with Crippen LogP contribution in [0.4, 0.5) is 5.13 Å². The Morgan fingerprint density at radius 2 is 1.48 bits per heavy atom. The van der Waals surface area contributed by atoms with Gasteiger partial charge in [0.1, 0.15) is 17.6 Å². The molecule has 0 saturated carbocycles. The average molecular weight is 601 g/mol. The lowest BCUT2D eigenvalue weighted by atomic mass is 10.1. The molecule has 0 amide bonds. The zero-order valence-corrected chi connectivity index (χ0v) is 24.1. The summed E-state index contributed by atoms with van der Waals surface area (Å²) in [4.78, 5) is 6.63. The first-order chi connectivity index (χ1) is 19.1. The highest BCUT2D eigenvalue weighted by Crippen LogP contribution is 2.29. The summed E-state index contributed by atoms with van der Waals surface area (Å²) >= 11 is 1.16. The van der Waals surface area contributed by atoms with Gasteiger partial charge in [-0.15, -0.1) is 0 Å². The number of para-hydroxylation sites is 1. The largest absolute Gasteiger partial charge is 0.457 e. The first-order valence-corrected chi connectivity index (χ1v) is 16.6. The van der Waals surface area contributed by atoms with Crippen LogP contribution in [0.5, 0.6) is 11.5 Å². The van der Waals surface area contributed by atoms with Gasteiger partial charge in [-0.25, -0.2) is 21.8 Å². The van der Waals surface area contributed by atoms with Gasteiger partial charge in [0.2, 0.25) is 15.2 Å². The van der Waals surface area contributed by atoms with E-state index >= 15 is 0 Å². The Kier molecular flexibility index (Phi) is 8.19. The molecule has 40 heavy (non-hydrogen) atoms. The Labute approximate surface area is 237 Å². The third-order valence-electron chi connectivity index (χ3n) is 6.47. The van der Waals surface area contributed by atoms with Gasteiger partial charge >= 0.3 is 0 Å². The van der Waals surface area contributed by atoms with E-state index in [1.807, 2.05) is 35.2 Å². The highest BCUT2D eigenvalue weighted by Gasteiger charge is 2.28. The lowest BCUT2D eigenvalue weighted by Gasteiger charge is -2.21. The Bertz CT molecular complexity index is 1660. The van der Waals surface area contributed by atoms with Gasteiger partial charge in [-0.3, -0.25) is 0 Å². The molecule has 1 atom stereocenters. The lowest BCUT2D eigenvalue weighted by molar-refractivity contribution is 0.211. The number of anilines is 1. The van der Waals surface area contributed by atoms with Crippen LogP contribution in [0.2, 0.25) is 0 Å². The van der Waals surface area contributed by atoms with Crippen molar-refractivity contribution in [3.05, 3.63) is 90.3 Å². The van der Waals surface area contributed by atoms with Gasteiger partial charge in [-0.05, 0) is 60.5 Å². The number of nitrogens with zero attached hydrogens (tertiary/aromatic N) is 4. The summed E-state index contributed by atoms with van der Waals surface area (Å²) in [6.45, 7) is 1.53. The van der Waals surface area contributed by atoms with Gasteiger partial charge in [0.25, 0.3) is 0 Å². The molecule has 0 bridgehead atoms. The molecular weight excluding hydrogens is 573 g/mol. The third kappa shape index (κ3) is 6.34. The summed E-state index contributed by atoms with van der Waals surface area (Å²) in [6, 6.07) is 21.8. The summed E-state index contributed by atoms with van der Waals surface area (Å²) in [7, 11) is -7.21. The van der Waals surface area contributed by atoms with Crippen molar-refractivity contribution in [3.63, 3.8) is 0 Å². The highest BCUT2D eigenvalue weighted by molar-refractivity contribution is 7.90. The van der Waals surface area contributed by atoms with Crippen LogP contribution in [0.15, 0.2) is 88.7 Å². The third-order valence-corrected chi connectivity index (χ3v) is 10.3. The van der Waals surface area contributed by atoms with E-state index in [-0.39, 0.29) is 22.2 Å². The van der Waals surface area contributed by atoms with Crippen LogP contribution in [-0.4, -0.2) is 68.0 Å². The summed E-state index contributed by atoms with van der Waals surface area (Å²) in [5.74, 6) is 1.64. The minimum absolute atomic E-state index is 0.0508. The van der Waals surface area contributed by atoms with Gasteiger partial charge in [0, 0.05) is 44.0 Å². The molecule has 0 spiro atoms. The summed E-state index contributed by atoms with van der Waals surface area (Å²) in [5.41, 5.74) is 0.625. The maximum Gasteiger partial charge on any atom is 0.243 e. The van der Waals surface area contributed by atoms with Crippen LogP contribution in [0.25, 0.3) is 0 Å². The second-order valence-corrected chi connectivity index (χ2v) is 14.0. The molecule has 13 heteroatoms. The molecule has 1 fully saturated rings. The van der Waals surface area contributed by atoms with E-state index in [1.165, 1.54) is 28.6 Å². The fraction of sp³-hybridized carbons (Fsp3) is 0.259. The molecule has 2 heterocycles. The molecule has 1 N–H and O–H groups in total. The van der Waals surface area contributed by atoms with Gasteiger partial charge in [0.05, 0.1) is 9.79 Å². The zero-order chi connectivity index (χ0) is 28.3. The van der Waals surface area contributed by atoms with E-state index in [9.17, 15) is 21.9 Å². The van der Waals surface area contributed by atoms with E-state index in [1.54, 1.807) is 24.3 Å². The fourth-order valence-corrected chi connectivity index (χ4v) is 7.14. The molecule has 1 aliphatic rings. The summed E-state index contributed by atoms with van der Waals surface area (Å²) in [6.07, 6.45) is 0.630. The second kappa shape index (κ2) is 11.6. The Hall–Kier alpha value is -3.36. The first-order valence-electron chi connectivity index (χ1n) is 12.5. The van der Waals surface area contributed by atoms with Crippen molar-refractivity contribution in [3.8, 4) is 11.5 Å². The topological polar surface area (TPSA) is 130 Å². The van der Waals surface area contributed by atoms with E-state index in [0.29, 0.717) is 42.5 Å². The van der Waals surface area contributed by atoms with E-state index in [0.717, 1.165) is 23.5 Å². The zero-order valence-electron chi connectivity index (χ0n) is 21.6. The van der Waals surface area contributed by atoms with Crippen LogP contribution in [0, 0.1) is 0 Å². The lowest BCUT2D eigenvalue weighted by Crippen LogP contribution is -2.35. The van der Waals surface area contributed by atoms with Crippen molar-refractivity contribution in [1.29, 1.82) is 0 Å². The van der Waals surface area contributed by atoms with E-state index < -0.39 is 26.0 Å². The molecule has 3 aromatic carbocycles. The molecular formula is C27H28N4O6S3. The standard InChI is InChI=1S/C27H28N4O6S3/c1-39(33,34)23-12-14-24(15-13-23)40(35,36)31-17-5-16-30(18-19-31)27-28-26(29-38-27)25(32)20-8-10-22(11-9-20)37-21-6-3-2-4-7-21/h2-4,6-15,25,32H,5,16-19H2,1H3. The van der Waals surface area contributed by atoms with Crippen molar-refractivity contribution in [2.45, 2.75) is 22.3 Å². The second-order valence-electron chi connectivity index (χ2n) is 9.31. The molecule has 210 valence electrons. The number of aromatic nitrogens is 2. The fourth-order valence-electron chi connectivity index (χ4n) is 4.29. The average Bonchev–Trinajstić information content (AvgIpc) is 3.30. The SMILES string of the molecule is CS(=O)(=O)c1ccc(S(=O)(=O)N2CCCN(c3nc(C(O)c4ccc(Oc5ccccc5)cc4)ns3)CC2)cc1. The van der Waals surface area contributed by atoms with Crippen molar-refractivity contribution < 1.29 is 26.7 Å². The van der Waals surface area contributed by atoms with Crippen molar-refractivity contribution in [2.75, 3.05) is 37.3 Å². The number of benzene rings is 3.